The van der Waals surface area contributed by atoms with Gasteiger partial charge in [0.1, 0.15) is 12.9 Å². The first-order valence-corrected chi connectivity index (χ1v) is 8.49. The molecule has 0 unspecified atom stereocenters. The molecule has 0 radical (unpaired) electrons. The molecule has 3 rings (SSSR count). The Hall–Kier alpha value is -2.93. The van der Waals surface area contributed by atoms with Gasteiger partial charge in [0.15, 0.2) is 5.13 Å². The molecule has 0 saturated carbocycles. The minimum atomic E-state index is -0.233. The SMILES string of the molecule is CO[n+]1ccc(C(=O)Nc2nc(-c3c(C)cc(O)cc3C)cs2)cc1. The lowest BCUT2D eigenvalue weighted by Crippen LogP contribution is -2.39. The summed E-state index contributed by atoms with van der Waals surface area (Å²) in [6.07, 6.45) is 3.32. The van der Waals surface area contributed by atoms with Crippen LogP contribution in [0.5, 0.6) is 5.75 Å². The van der Waals surface area contributed by atoms with Gasteiger partial charge < -0.3 is 5.11 Å². The largest absolute Gasteiger partial charge is 0.508 e. The number of hydrogen-bond acceptors (Lipinski definition) is 5. The van der Waals surface area contributed by atoms with Crippen molar-refractivity contribution in [3.8, 4) is 17.0 Å². The van der Waals surface area contributed by atoms with Crippen LogP contribution in [0, 0.1) is 13.8 Å². The van der Waals surface area contributed by atoms with Crippen LogP contribution in [0.4, 0.5) is 5.13 Å². The van der Waals surface area contributed by atoms with Crippen molar-refractivity contribution < 1.29 is 19.5 Å². The molecular weight excluding hydrogens is 338 g/mol. The zero-order valence-corrected chi connectivity index (χ0v) is 14.9. The summed E-state index contributed by atoms with van der Waals surface area (Å²) in [4.78, 5) is 21.8. The summed E-state index contributed by atoms with van der Waals surface area (Å²) in [7, 11) is 1.55. The smallest absolute Gasteiger partial charge is 0.257 e. The van der Waals surface area contributed by atoms with Crippen LogP contribution in [-0.4, -0.2) is 23.1 Å². The number of carbonyl (C=O) groups excluding carboxylic acids is 1. The third-order valence-electron chi connectivity index (χ3n) is 3.77. The van der Waals surface area contributed by atoms with E-state index in [1.54, 1.807) is 43.8 Å². The van der Waals surface area contributed by atoms with Crippen molar-refractivity contribution in [3.05, 3.63) is 58.7 Å². The van der Waals surface area contributed by atoms with Crippen molar-refractivity contribution in [1.82, 2.24) is 4.98 Å². The maximum Gasteiger partial charge on any atom is 0.257 e. The fourth-order valence-corrected chi connectivity index (χ4v) is 3.34. The van der Waals surface area contributed by atoms with Crippen molar-refractivity contribution in [3.63, 3.8) is 0 Å². The number of aromatic hydroxyl groups is 1. The standard InChI is InChI=1S/C18H17N3O3S/c1-11-8-14(22)9-12(2)16(11)15-10-25-18(19-15)20-17(23)13-4-6-21(24-3)7-5-13/h4-10H,1-3H3,(H-,19,20,22,23)/p+1. The lowest BCUT2D eigenvalue weighted by molar-refractivity contribution is -0.885. The number of rotatable bonds is 4. The van der Waals surface area contributed by atoms with E-state index in [-0.39, 0.29) is 11.7 Å². The summed E-state index contributed by atoms with van der Waals surface area (Å²) < 4.78 is 1.49. The number of thiazole rings is 1. The molecule has 1 aromatic carbocycles. The van der Waals surface area contributed by atoms with Gasteiger partial charge in [0, 0.05) is 27.8 Å². The van der Waals surface area contributed by atoms with Gasteiger partial charge in [0.2, 0.25) is 12.4 Å². The normalized spacial score (nSPS) is 10.5. The predicted molar refractivity (Wildman–Crippen MR) is 95.8 cm³/mol. The molecule has 0 bridgehead atoms. The summed E-state index contributed by atoms with van der Waals surface area (Å²) in [5.41, 5.74) is 4.14. The first kappa shape index (κ1) is 16.9. The monoisotopic (exact) mass is 356 g/mol. The Labute approximate surface area is 149 Å². The summed E-state index contributed by atoms with van der Waals surface area (Å²) in [6.45, 7) is 3.85. The van der Waals surface area contributed by atoms with E-state index in [1.165, 1.54) is 16.1 Å². The quantitative estimate of drug-likeness (QED) is 0.705. The highest BCUT2D eigenvalue weighted by Crippen LogP contribution is 2.32. The van der Waals surface area contributed by atoms with Crippen LogP contribution in [0.2, 0.25) is 0 Å². The van der Waals surface area contributed by atoms with Gasteiger partial charge in [0.05, 0.1) is 11.3 Å². The number of nitrogens with zero attached hydrogens (tertiary/aromatic N) is 2. The van der Waals surface area contributed by atoms with Gasteiger partial charge >= 0.3 is 0 Å². The van der Waals surface area contributed by atoms with Crippen molar-refractivity contribution in [2.45, 2.75) is 13.8 Å². The number of phenolic OH excluding ortho intramolecular Hbond substituents is 1. The fourth-order valence-electron chi connectivity index (χ4n) is 2.65. The molecule has 0 aliphatic carbocycles. The van der Waals surface area contributed by atoms with Crippen LogP contribution in [-0.2, 0) is 0 Å². The van der Waals surface area contributed by atoms with Gasteiger partial charge in [-0.3, -0.25) is 14.9 Å². The van der Waals surface area contributed by atoms with Crippen LogP contribution in [0.1, 0.15) is 21.5 Å². The van der Waals surface area contributed by atoms with Crippen LogP contribution in [0.25, 0.3) is 11.3 Å². The number of anilines is 1. The number of benzene rings is 1. The summed E-state index contributed by atoms with van der Waals surface area (Å²) in [6, 6.07) is 6.74. The number of carbonyl (C=O) groups is 1. The maximum absolute atomic E-state index is 12.3. The Morgan fingerprint density at radius 1 is 1.24 bits per heavy atom. The molecule has 0 aliphatic heterocycles. The molecule has 2 N–H and O–H groups in total. The molecule has 0 spiro atoms. The molecule has 0 saturated heterocycles. The third-order valence-corrected chi connectivity index (χ3v) is 4.53. The van der Waals surface area contributed by atoms with Gasteiger partial charge in [-0.25, -0.2) is 4.98 Å². The molecule has 3 aromatic rings. The second-order valence-corrected chi connectivity index (χ2v) is 6.43. The summed E-state index contributed by atoms with van der Waals surface area (Å²) in [5.74, 6) is 0.00295. The lowest BCUT2D eigenvalue weighted by Gasteiger charge is -2.08. The number of amides is 1. The average molecular weight is 356 g/mol. The van der Waals surface area contributed by atoms with E-state index in [2.05, 4.69) is 10.3 Å². The molecular formula is C18H18N3O3S+. The predicted octanol–water partition coefficient (Wildman–Crippen LogP) is 2.73. The maximum atomic E-state index is 12.3. The lowest BCUT2D eigenvalue weighted by atomic mass is 10.0. The molecule has 1 amide bonds. The van der Waals surface area contributed by atoms with E-state index in [4.69, 9.17) is 4.84 Å². The van der Waals surface area contributed by atoms with Gasteiger partial charge in [-0.1, -0.05) is 0 Å². The van der Waals surface area contributed by atoms with Crippen molar-refractivity contribution in [2.75, 3.05) is 12.4 Å². The minimum Gasteiger partial charge on any atom is -0.508 e. The summed E-state index contributed by atoms with van der Waals surface area (Å²) in [5, 5.41) is 14.9. The molecule has 0 atom stereocenters. The highest BCUT2D eigenvalue weighted by molar-refractivity contribution is 7.14. The second-order valence-electron chi connectivity index (χ2n) is 5.58. The third kappa shape index (κ3) is 3.61. The van der Waals surface area contributed by atoms with E-state index < -0.39 is 0 Å². The fraction of sp³-hybridized carbons (Fsp3) is 0.167. The van der Waals surface area contributed by atoms with Gasteiger partial charge in [-0.2, -0.15) is 0 Å². The van der Waals surface area contributed by atoms with E-state index >= 15 is 0 Å². The molecule has 25 heavy (non-hydrogen) atoms. The molecule has 2 aromatic heterocycles. The Bertz CT molecular complexity index is 897. The molecule has 2 heterocycles. The van der Waals surface area contributed by atoms with E-state index in [9.17, 15) is 9.90 Å². The molecule has 0 aliphatic rings. The zero-order valence-electron chi connectivity index (χ0n) is 14.1. The Balaban J connectivity index is 1.81. The van der Waals surface area contributed by atoms with Gasteiger partial charge in [-0.15, -0.1) is 11.3 Å². The molecule has 128 valence electrons. The summed E-state index contributed by atoms with van der Waals surface area (Å²) >= 11 is 1.36. The number of aryl methyl sites for hydroxylation is 2. The van der Waals surface area contributed by atoms with E-state index in [1.807, 2.05) is 19.2 Å². The molecule has 6 nitrogen and oxygen atoms in total. The first-order chi connectivity index (χ1) is 12.0. The highest BCUT2D eigenvalue weighted by atomic mass is 32.1. The Kier molecular flexibility index (Phi) is 4.67. The van der Waals surface area contributed by atoms with E-state index in [0.717, 1.165) is 22.4 Å². The number of hydrogen-bond donors (Lipinski definition) is 2. The zero-order chi connectivity index (χ0) is 18.0. The van der Waals surface area contributed by atoms with E-state index in [0.29, 0.717) is 10.7 Å². The van der Waals surface area contributed by atoms with Crippen molar-refractivity contribution in [1.29, 1.82) is 0 Å². The van der Waals surface area contributed by atoms with Crippen LogP contribution in [0.3, 0.4) is 0 Å². The van der Waals surface area contributed by atoms with Crippen LogP contribution in [0.15, 0.2) is 42.0 Å². The highest BCUT2D eigenvalue weighted by Gasteiger charge is 2.14. The Morgan fingerprint density at radius 3 is 2.48 bits per heavy atom. The molecule has 7 heteroatoms. The first-order valence-electron chi connectivity index (χ1n) is 7.61. The van der Waals surface area contributed by atoms with Gasteiger partial charge in [0.25, 0.3) is 5.91 Å². The topological polar surface area (TPSA) is 75.3 Å². The number of nitrogens with one attached hydrogen (secondary N) is 1. The van der Waals surface area contributed by atoms with Crippen LogP contribution >= 0.6 is 11.3 Å². The average Bonchev–Trinajstić information content (AvgIpc) is 3.02. The van der Waals surface area contributed by atoms with Crippen LogP contribution < -0.4 is 14.9 Å². The number of aromatic nitrogens is 2. The van der Waals surface area contributed by atoms with Gasteiger partial charge in [-0.05, 0) is 37.1 Å². The second kappa shape index (κ2) is 6.90. The van der Waals surface area contributed by atoms with Crippen molar-refractivity contribution >= 4 is 22.4 Å². The number of pyridine rings is 1. The number of phenols is 1. The minimum absolute atomic E-state index is 0.233. The Morgan fingerprint density at radius 2 is 1.88 bits per heavy atom. The van der Waals surface area contributed by atoms with Crippen molar-refractivity contribution in [2.24, 2.45) is 0 Å². The molecule has 0 fully saturated rings.